The maximum absolute atomic E-state index is 15.0. The zero-order valence-electron chi connectivity index (χ0n) is 22.6. The Morgan fingerprint density at radius 1 is 1.00 bits per heavy atom. The third kappa shape index (κ3) is 4.65. The average Bonchev–Trinajstić information content (AvgIpc) is 3.44. The number of fused-ring (bicyclic) bond motifs is 3. The van der Waals surface area contributed by atoms with E-state index in [1.807, 2.05) is 31.3 Å². The largest absolute Gasteiger partial charge is 0.309 e. The van der Waals surface area contributed by atoms with Gasteiger partial charge in [0.1, 0.15) is 11.5 Å². The number of hydrogen-bond donors (Lipinski definition) is 1. The molecular weight excluding hydrogens is 479 g/mol. The Morgan fingerprint density at radius 2 is 1.79 bits per heavy atom. The van der Waals surface area contributed by atoms with Crippen LogP contribution >= 0.6 is 0 Å². The van der Waals surface area contributed by atoms with Gasteiger partial charge in [0.05, 0.1) is 17.4 Å². The van der Waals surface area contributed by atoms with E-state index in [1.165, 1.54) is 17.5 Å². The normalized spacial score (nSPS) is 17.7. The number of nitrogens with zero attached hydrogens (tertiary/aromatic N) is 7. The van der Waals surface area contributed by atoms with Crippen LogP contribution in [0.25, 0.3) is 22.2 Å². The molecule has 4 aromatic rings. The van der Waals surface area contributed by atoms with Gasteiger partial charge in [-0.15, -0.1) is 0 Å². The van der Waals surface area contributed by atoms with Gasteiger partial charge in [0.25, 0.3) is 0 Å². The Labute approximate surface area is 222 Å². The van der Waals surface area contributed by atoms with E-state index in [4.69, 9.17) is 5.10 Å². The molecule has 0 atom stereocenters. The fourth-order valence-corrected chi connectivity index (χ4v) is 5.78. The topological polar surface area (TPSA) is 75.0 Å². The number of aryl methyl sites for hydroxylation is 2. The molecule has 0 radical (unpaired) electrons. The van der Waals surface area contributed by atoms with Crippen molar-refractivity contribution in [1.29, 1.82) is 0 Å². The lowest BCUT2D eigenvalue weighted by molar-refractivity contribution is 0.132. The van der Waals surface area contributed by atoms with Gasteiger partial charge < -0.3 is 10.2 Å². The van der Waals surface area contributed by atoms with Crippen LogP contribution in [0.1, 0.15) is 44.0 Å². The van der Waals surface area contributed by atoms with E-state index < -0.39 is 5.82 Å². The number of benzene rings is 1. The van der Waals surface area contributed by atoms with Crippen LogP contribution in [0, 0.1) is 12.7 Å². The maximum Gasteiger partial charge on any atom is 0.229 e. The summed E-state index contributed by atoms with van der Waals surface area (Å²) in [5.74, 6) is 0.490. The highest BCUT2D eigenvalue weighted by atomic mass is 19.1. The van der Waals surface area contributed by atoms with E-state index in [1.54, 1.807) is 0 Å². The highest BCUT2D eigenvalue weighted by Gasteiger charge is 2.34. The summed E-state index contributed by atoms with van der Waals surface area (Å²) in [5, 5.41) is 9.06. The fourth-order valence-electron chi connectivity index (χ4n) is 5.78. The summed E-state index contributed by atoms with van der Waals surface area (Å²) in [6.07, 6.45) is 4.16. The zero-order chi connectivity index (χ0) is 26.4. The average molecular weight is 515 g/mol. The highest BCUT2D eigenvalue weighted by molar-refractivity contribution is 5.90. The van der Waals surface area contributed by atoms with Gasteiger partial charge in [0.2, 0.25) is 5.95 Å². The summed E-state index contributed by atoms with van der Waals surface area (Å²) in [6, 6.07) is 7.99. The smallest absolute Gasteiger partial charge is 0.229 e. The summed E-state index contributed by atoms with van der Waals surface area (Å²) in [6.45, 7) is 16.0. The SMILES string of the molecule is CCN1CCN(Cc2ccc(Nc3ncc(F)c(-c4cc(C)c5nn6c(c5c4)C(C)(C)CC6)n3)nc2)CC1. The Morgan fingerprint density at radius 3 is 2.53 bits per heavy atom. The molecule has 6 rings (SSSR count). The molecule has 2 aliphatic heterocycles. The summed E-state index contributed by atoms with van der Waals surface area (Å²) in [5.41, 5.74) is 5.38. The molecule has 9 heteroatoms. The van der Waals surface area contributed by atoms with Gasteiger partial charge >= 0.3 is 0 Å². The summed E-state index contributed by atoms with van der Waals surface area (Å²) in [7, 11) is 0. The molecule has 0 spiro atoms. The molecule has 1 N–H and O–H groups in total. The van der Waals surface area contributed by atoms with Gasteiger partial charge in [-0.2, -0.15) is 5.10 Å². The molecule has 0 amide bonds. The van der Waals surface area contributed by atoms with Crippen molar-refractivity contribution < 1.29 is 4.39 Å². The van der Waals surface area contributed by atoms with E-state index >= 15 is 4.39 Å². The monoisotopic (exact) mass is 514 g/mol. The molecule has 38 heavy (non-hydrogen) atoms. The van der Waals surface area contributed by atoms with Crippen LogP contribution in [0.2, 0.25) is 0 Å². The third-order valence-corrected chi connectivity index (χ3v) is 8.02. The highest BCUT2D eigenvalue weighted by Crippen LogP contribution is 2.41. The number of rotatable bonds is 6. The first kappa shape index (κ1) is 24.9. The number of nitrogens with one attached hydrogen (secondary N) is 1. The minimum absolute atomic E-state index is 0.0262. The molecule has 2 aliphatic rings. The summed E-state index contributed by atoms with van der Waals surface area (Å²) in [4.78, 5) is 18.2. The molecule has 1 saturated heterocycles. The van der Waals surface area contributed by atoms with Crippen molar-refractivity contribution in [2.24, 2.45) is 0 Å². The predicted octanol–water partition coefficient (Wildman–Crippen LogP) is 4.90. The number of halogens is 1. The molecule has 8 nitrogen and oxygen atoms in total. The van der Waals surface area contributed by atoms with Crippen LogP contribution in [-0.2, 0) is 18.5 Å². The molecule has 0 bridgehead atoms. The summed E-state index contributed by atoms with van der Waals surface area (Å²) >= 11 is 0. The third-order valence-electron chi connectivity index (χ3n) is 8.02. The molecule has 198 valence electrons. The standard InChI is InChI=1S/C29H35FN8/c1-5-36-10-12-37(13-11-36)18-20-6-7-24(31-16-20)33-28-32-17-23(30)26(34-28)21-14-19(2)25-22(15-21)27-29(3,4)8-9-38(27)35-25/h6-7,14-17H,5,8-13,18H2,1-4H3,(H,31,32,33,34). The fraction of sp³-hybridized carbons (Fsp3) is 0.448. The summed E-state index contributed by atoms with van der Waals surface area (Å²) < 4.78 is 17.1. The number of hydrogen-bond acceptors (Lipinski definition) is 7. The lowest BCUT2D eigenvalue weighted by Gasteiger charge is -2.33. The number of piperazine rings is 1. The van der Waals surface area contributed by atoms with E-state index in [0.717, 1.165) is 74.3 Å². The Hall–Kier alpha value is -3.43. The minimum Gasteiger partial charge on any atom is -0.309 e. The molecule has 0 aliphatic carbocycles. The molecule has 3 aromatic heterocycles. The van der Waals surface area contributed by atoms with Crippen molar-refractivity contribution in [3.8, 4) is 11.3 Å². The van der Waals surface area contributed by atoms with Gasteiger partial charge in [-0.3, -0.25) is 9.58 Å². The van der Waals surface area contributed by atoms with Crippen LogP contribution in [0.3, 0.4) is 0 Å². The van der Waals surface area contributed by atoms with Crippen LogP contribution in [0.15, 0.2) is 36.7 Å². The van der Waals surface area contributed by atoms with E-state index in [9.17, 15) is 0 Å². The second kappa shape index (κ2) is 9.71. The lowest BCUT2D eigenvalue weighted by atomic mass is 9.86. The Balaban J connectivity index is 1.22. The Bertz CT molecular complexity index is 1470. The van der Waals surface area contributed by atoms with Crippen molar-refractivity contribution in [3.63, 3.8) is 0 Å². The van der Waals surface area contributed by atoms with Crippen LogP contribution in [-0.4, -0.2) is 67.3 Å². The van der Waals surface area contributed by atoms with E-state index in [-0.39, 0.29) is 11.1 Å². The van der Waals surface area contributed by atoms with Gasteiger partial charge in [-0.1, -0.05) is 26.8 Å². The number of likely N-dealkylation sites (N-methyl/N-ethyl adjacent to an activating group) is 1. The molecule has 0 saturated carbocycles. The van der Waals surface area contributed by atoms with Crippen molar-refractivity contribution in [3.05, 3.63) is 59.3 Å². The van der Waals surface area contributed by atoms with Crippen molar-refractivity contribution in [1.82, 2.24) is 34.5 Å². The number of aromatic nitrogens is 5. The first-order valence-electron chi connectivity index (χ1n) is 13.5. The second-order valence-corrected chi connectivity index (χ2v) is 11.2. The van der Waals surface area contributed by atoms with Crippen LogP contribution < -0.4 is 5.32 Å². The molecule has 1 fully saturated rings. The molecule has 5 heterocycles. The van der Waals surface area contributed by atoms with Crippen molar-refractivity contribution in [2.75, 3.05) is 38.0 Å². The maximum atomic E-state index is 15.0. The predicted molar refractivity (Wildman–Crippen MR) is 148 cm³/mol. The van der Waals surface area contributed by atoms with Gasteiger partial charge in [-0.25, -0.2) is 19.3 Å². The van der Waals surface area contributed by atoms with Crippen LogP contribution in [0.5, 0.6) is 0 Å². The molecule has 1 aromatic carbocycles. The second-order valence-electron chi connectivity index (χ2n) is 11.2. The van der Waals surface area contributed by atoms with E-state index in [0.29, 0.717) is 11.8 Å². The van der Waals surface area contributed by atoms with Gasteiger partial charge in [0.15, 0.2) is 5.82 Å². The van der Waals surface area contributed by atoms with Crippen LogP contribution in [0.4, 0.5) is 16.2 Å². The lowest BCUT2D eigenvalue weighted by Crippen LogP contribution is -2.45. The van der Waals surface area contributed by atoms with Crippen molar-refractivity contribution in [2.45, 2.75) is 52.6 Å². The molecule has 0 unspecified atom stereocenters. The van der Waals surface area contributed by atoms with Gasteiger partial charge in [0, 0.05) is 61.8 Å². The Kier molecular flexibility index (Phi) is 6.36. The first-order valence-corrected chi connectivity index (χ1v) is 13.5. The number of pyridine rings is 1. The quantitative estimate of drug-likeness (QED) is 0.392. The molecular formula is C29H35FN8. The van der Waals surface area contributed by atoms with Crippen molar-refractivity contribution >= 4 is 22.7 Å². The van der Waals surface area contributed by atoms with E-state index in [2.05, 4.69) is 61.6 Å². The minimum atomic E-state index is -0.455. The van der Waals surface area contributed by atoms with Gasteiger partial charge in [-0.05, 0) is 49.2 Å². The zero-order valence-corrected chi connectivity index (χ0v) is 22.6. The number of anilines is 2. The first-order chi connectivity index (χ1) is 18.3.